The van der Waals surface area contributed by atoms with E-state index in [0.717, 1.165) is 5.56 Å². The molecule has 1 heterocycles. The molecule has 0 saturated carbocycles. The van der Waals surface area contributed by atoms with Crippen LogP contribution in [0.1, 0.15) is 49.0 Å². The molecule has 1 aromatic carbocycles. The lowest BCUT2D eigenvalue weighted by molar-refractivity contribution is -0.137. The molecule has 0 fully saturated rings. The van der Waals surface area contributed by atoms with E-state index in [9.17, 15) is 9.59 Å². The van der Waals surface area contributed by atoms with E-state index in [-0.39, 0.29) is 24.3 Å². The van der Waals surface area contributed by atoms with Crippen molar-refractivity contribution in [2.24, 2.45) is 0 Å². The number of carboxylic acids is 1. The highest BCUT2D eigenvalue weighted by molar-refractivity contribution is 5.98. The predicted octanol–water partition coefficient (Wildman–Crippen LogP) is 2.16. The molecule has 5 nitrogen and oxygen atoms in total. The fourth-order valence-corrected chi connectivity index (χ4v) is 2.38. The van der Waals surface area contributed by atoms with Crippen molar-refractivity contribution in [2.75, 3.05) is 0 Å². The Hall–Kier alpha value is -2.04. The Labute approximate surface area is 117 Å². The van der Waals surface area contributed by atoms with Gasteiger partial charge in [0.2, 0.25) is 0 Å². The first-order valence-electron chi connectivity index (χ1n) is 6.72. The maximum absolute atomic E-state index is 12.2. The fraction of sp³-hybridized carbons (Fsp3) is 0.467. The van der Waals surface area contributed by atoms with Gasteiger partial charge in [0.05, 0.1) is 12.0 Å². The van der Waals surface area contributed by atoms with Crippen molar-refractivity contribution in [2.45, 2.75) is 45.3 Å². The number of fused-ring (bicyclic) bond motifs is 1. The monoisotopic (exact) mass is 277 g/mol. The molecular weight excluding hydrogens is 258 g/mol. The van der Waals surface area contributed by atoms with Crippen molar-refractivity contribution in [3.05, 3.63) is 29.3 Å². The van der Waals surface area contributed by atoms with Gasteiger partial charge in [-0.05, 0) is 19.9 Å². The van der Waals surface area contributed by atoms with Crippen LogP contribution in [0.15, 0.2) is 18.2 Å². The highest BCUT2D eigenvalue weighted by Gasteiger charge is 2.31. The van der Waals surface area contributed by atoms with E-state index in [1.54, 1.807) is 13.0 Å². The van der Waals surface area contributed by atoms with Gasteiger partial charge in [-0.2, -0.15) is 0 Å². The number of nitrogens with one attached hydrogen (secondary N) is 1. The van der Waals surface area contributed by atoms with E-state index < -0.39 is 12.0 Å². The van der Waals surface area contributed by atoms with E-state index in [2.05, 4.69) is 12.2 Å². The Kier molecular flexibility index (Phi) is 3.97. The third-order valence-corrected chi connectivity index (χ3v) is 3.65. The van der Waals surface area contributed by atoms with Crippen LogP contribution in [0.5, 0.6) is 5.75 Å². The number of amides is 1. The average molecular weight is 277 g/mol. The summed E-state index contributed by atoms with van der Waals surface area (Å²) >= 11 is 0. The standard InChI is InChI=1S/C15H19NO4/c1-8(7-13(17)18)16-15(19)12-6-4-5-11-9(2)10(3)20-14(11)12/h4-6,8-10H,7H2,1-3H3,(H,16,19)(H,17,18). The highest BCUT2D eigenvalue weighted by Crippen LogP contribution is 2.40. The molecule has 1 aromatic rings. The molecule has 0 aromatic heterocycles. The van der Waals surface area contributed by atoms with E-state index in [1.807, 2.05) is 19.1 Å². The second-order valence-corrected chi connectivity index (χ2v) is 5.31. The van der Waals surface area contributed by atoms with E-state index in [1.165, 1.54) is 0 Å². The van der Waals surface area contributed by atoms with E-state index in [0.29, 0.717) is 11.3 Å². The Balaban J connectivity index is 2.18. The van der Waals surface area contributed by atoms with Gasteiger partial charge in [-0.25, -0.2) is 0 Å². The number of carbonyl (C=O) groups excluding carboxylic acids is 1. The van der Waals surface area contributed by atoms with Crippen molar-refractivity contribution in [3.8, 4) is 5.75 Å². The first-order chi connectivity index (χ1) is 9.40. The first kappa shape index (κ1) is 14.4. The number of carboxylic acid groups (broad SMARTS) is 1. The Bertz CT molecular complexity index is 541. The first-order valence-corrected chi connectivity index (χ1v) is 6.72. The molecule has 2 rings (SSSR count). The van der Waals surface area contributed by atoms with Gasteiger partial charge >= 0.3 is 5.97 Å². The topological polar surface area (TPSA) is 75.6 Å². The lowest BCUT2D eigenvalue weighted by Crippen LogP contribution is -2.34. The molecule has 0 saturated heterocycles. The highest BCUT2D eigenvalue weighted by atomic mass is 16.5. The van der Waals surface area contributed by atoms with Crippen LogP contribution in [-0.2, 0) is 4.79 Å². The van der Waals surface area contributed by atoms with Crippen LogP contribution in [0, 0.1) is 0 Å². The number of rotatable bonds is 4. The van der Waals surface area contributed by atoms with Crippen molar-refractivity contribution < 1.29 is 19.4 Å². The summed E-state index contributed by atoms with van der Waals surface area (Å²) in [5.74, 6) is -0.367. The number of aliphatic carboxylic acids is 1. The molecule has 0 spiro atoms. The van der Waals surface area contributed by atoms with Crippen molar-refractivity contribution in [1.29, 1.82) is 0 Å². The van der Waals surface area contributed by atoms with Crippen LogP contribution >= 0.6 is 0 Å². The molecule has 0 bridgehead atoms. The van der Waals surface area contributed by atoms with Gasteiger partial charge in [0.1, 0.15) is 11.9 Å². The average Bonchev–Trinajstić information content (AvgIpc) is 2.64. The fourth-order valence-electron chi connectivity index (χ4n) is 2.38. The Morgan fingerprint density at radius 1 is 1.40 bits per heavy atom. The van der Waals surface area contributed by atoms with Gasteiger partial charge < -0.3 is 15.2 Å². The number of para-hydroxylation sites is 1. The van der Waals surface area contributed by atoms with E-state index in [4.69, 9.17) is 9.84 Å². The minimum atomic E-state index is -0.936. The summed E-state index contributed by atoms with van der Waals surface area (Å²) in [6.45, 7) is 5.70. The smallest absolute Gasteiger partial charge is 0.305 e. The summed E-state index contributed by atoms with van der Waals surface area (Å²) in [5.41, 5.74) is 1.49. The van der Waals surface area contributed by atoms with Crippen LogP contribution in [0.4, 0.5) is 0 Å². The Morgan fingerprint density at radius 2 is 2.10 bits per heavy atom. The van der Waals surface area contributed by atoms with Gasteiger partial charge in [0.15, 0.2) is 0 Å². The number of carbonyl (C=O) groups is 2. The molecule has 1 amide bonds. The summed E-state index contributed by atoms with van der Waals surface area (Å²) in [6, 6.07) is 5.06. The second-order valence-electron chi connectivity index (χ2n) is 5.31. The number of benzene rings is 1. The van der Waals surface area contributed by atoms with Crippen LogP contribution in [0.2, 0.25) is 0 Å². The minimum Gasteiger partial charge on any atom is -0.489 e. The summed E-state index contributed by atoms with van der Waals surface area (Å²) in [4.78, 5) is 22.9. The Morgan fingerprint density at radius 3 is 2.75 bits per heavy atom. The summed E-state index contributed by atoms with van der Waals surface area (Å²) in [5, 5.41) is 11.4. The third-order valence-electron chi connectivity index (χ3n) is 3.65. The molecule has 20 heavy (non-hydrogen) atoms. The van der Waals surface area contributed by atoms with Crippen molar-refractivity contribution in [1.82, 2.24) is 5.32 Å². The normalized spacial score (nSPS) is 21.8. The number of ether oxygens (including phenoxy) is 1. The van der Waals surface area contributed by atoms with E-state index >= 15 is 0 Å². The molecule has 108 valence electrons. The predicted molar refractivity (Wildman–Crippen MR) is 74.1 cm³/mol. The largest absolute Gasteiger partial charge is 0.489 e. The quantitative estimate of drug-likeness (QED) is 0.884. The summed E-state index contributed by atoms with van der Waals surface area (Å²) in [6.07, 6.45) is -0.0654. The molecule has 0 radical (unpaired) electrons. The van der Waals surface area contributed by atoms with Crippen LogP contribution < -0.4 is 10.1 Å². The van der Waals surface area contributed by atoms with Gasteiger partial charge in [0, 0.05) is 17.5 Å². The zero-order valence-corrected chi connectivity index (χ0v) is 11.8. The summed E-state index contributed by atoms with van der Waals surface area (Å²) in [7, 11) is 0. The van der Waals surface area contributed by atoms with Crippen LogP contribution in [0.25, 0.3) is 0 Å². The van der Waals surface area contributed by atoms with Gasteiger partial charge in [-0.3, -0.25) is 9.59 Å². The van der Waals surface area contributed by atoms with Crippen molar-refractivity contribution >= 4 is 11.9 Å². The number of hydrogen-bond donors (Lipinski definition) is 2. The zero-order chi connectivity index (χ0) is 14.9. The molecule has 0 aliphatic carbocycles. The van der Waals surface area contributed by atoms with Gasteiger partial charge in [-0.15, -0.1) is 0 Å². The van der Waals surface area contributed by atoms with Crippen molar-refractivity contribution in [3.63, 3.8) is 0 Å². The molecule has 5 heteroatoms. The van der Waals surface area contributed by atoms with Gasteiger partial charge in [0.25, 0.3) is 5.91 Å². The lowest BCUT2D eigenvalue weighted by Gasteiger charge is -2.13. The molecule has 1 aliphatic heterocycles. The van der Waals surface area contributed by atoms with Crippen LogP contribution in [-0.4, -0.2) is 29.1 Å². The van der Waals surface area contributed by atoms with Gasteiger partial charge in [-0.1, -0.05) is 19.1 Å². The lowest BCUT2D eigenvalue weighted by atomic mass is 9.96. The molecule has 3 unspecified atom stereocenters. The maximum atomic E-state index is 12.2. The zero-order valence-electron chi connectivity index (χ0n) is 11.8. The number of hydrogen-bond acceptors (Lipinski definition) is 3. The molecule has 3 atom stereocenters. The molecular formula is C15H19NO4. The third kappa shape index (κ3) is 2.76. The minimum absolute atomic E-state index is 0.0374. The molecule has 1 aliphatic rings. The molecule has 2 N–H and O–H groups in total. The SMILES string of the molecule is CC(CC(=O)O)NC(=O)c1cccc2c1OC(C)C2C. The van der Waals surface area contributed by atoms with Crippen LogP contribution in [0.3, 0.4) is 0 Å². The maximum Gasteiger partial charge on any atom is 0.305 e. The summed E-state index contributed by atoms with van der Waals surface area (Å²) < 4.78 is 5.76. The second kappa shape index (κ2) is 5.53.